The molecule has 7 aromatic rings. The summed E-state index contributed by atoms with van der Waals surface area (Å²) >= 11 is 78.2. The Bertz CT molecular complexity index is 2500. The number of hydrogen-bond acceptors (Lipinski definition) is 2. The molecule has 0 N–H and O–H groups in total. The van der Waals surface area contributed by atoms with E-state index in [1.54, 1.807) is 0 Å². The minimum Gasteiger partial charge on any atom is -0.311 e. The van der Waals surface area contributed by atoms with Crippen LogP contribution in [0.5, 0.6) is 0 Å². The van der Waals surface area contributed by atoms with Crippen LogP contribution in [-0.4, -0.2) is 13.4 Å². The van der Waals surface area contributed by atoms with Gasteiger partial charge >= 0.3 is 0 Å². The van der Waals surface area contributed by atoms with Gasteiger partial charge in [0.15, 0.2) is 0 Å². The molecule has 2 aliphatic heterocycles. The van der Waals surface area contributed by atoms with Crippen molar-refractivity contribution >= 4 is 220 Å². The molecule has 310 valence electrons. The van der Waals surface area contributed by atoms with Crippen LogP contribution in [-0.2, 0) is 15.2 Å². The first kappa shape index (κ1) is 44.9. The molecule has 0 saturated heterocycles. The molecule has 16 heteroatoms. The van der Waals surface area contributed by atoms with Crippen molar-refractivity contribution in [3.05, 3.63) is 180 Å². The highest BCUT2D eigenvalue weighted by Crippen LogP contribution is 2.47. The molecule has 2 aliphatic rings. The van der Waals surface area contributed by atoms with E-state index in [9.17, 15) is 0 Å². The van der Waals surface area contributed by atoms with Crippen molar-refractivity contribution in [1.82, 2.24) is 0 Å². The van der Waals surface area contributed by atoms with Crippen LogP contribution in [0.1, 0.15) is 22.3 Å². The third-order valence-corrected chi connectivity index (χ3v) is 13.9. The first-order chi connectivity index (χ1) is 29.3. The Kier molecular flexibility index (Phi) is 12.2. The van der Waals surface area contributed by atoms with Gasteiger partial charge in [0.05, 0.1) is 0 Å². The average Bonchev–Trinajstić information content (AvgIpc) is 3.23. The maximum atomic E-state index is 6.52. The van der Waals surface area contributed by atoms with Crippen LogP contribution in [0.15, 0.2) is 158 Å². The van der Waals surface area contributed by atoms with E-state index in [1.165, 1.54) is 0 Å². The summed E-state index contributed by atoms with van der Waals surface area (Å²) in [6.45, 7) is -0.554. The molecule has 2 heterocycles. The third kappa shape index (κ3) is 8.52. The van der Waals surface area contributed by atoms with Gasteiger partial charge in [-0.2, -0.15) is 0 Å². The van der Waals surface area contributed by atoms with Crippen molar-refractivity contribution in [2.45, 2.75) is 15.2 Å². The lowest BCUT2D eigenvalue weighted by molar-refractivity contribution is 1.20. The number of anilines is 6. The number of benzene rings is 7. The van der Waals surface area contributed by atoms with E-state index in [1.807, 2.05) is 133 Å². The van der Waals surface area contributed by atoms with Crippen molar-refractivity contribution in [2.75, 3.05) is 9.80 Å². The molecule has 0 saturated carbocycles. The van der Waals surface area contributed by atoms with Crippen LogP contribution in [0.3, 0.4) is 0 Å². The van der Waals surface area contributed by atoms with E-state index in [2.05, 4.69) is 34.1 Å². The normalized spacial score (nSPS) is 14.0. The number of para-hydroxylation sites is 2. The van der Waals surface area contributed by atoms with Gasteiger partial charge in [-0.15, -0.1) is 0 Å². The smallest absolute Gasteiger partial charge is 0.246 e. The van der Waals surface area contributed by atoms with Gasteiger partial charge in [-0.1, -0.05) is 259 Å². The molecule has 0 unspecified atom stereocenters. The predicted molar refractivity (Wildman–Crippen MR) is 275 cm³/mol. The van der Waals surface area contributed by atoms with Crippen LogP contribution in [0, 0.1) is 0 Å². The van der Waals surface area contributed by atoms with Gasteiger partial charge < -0.3 is 9.80 Å². The maximum absolute atomic E-state index is 6.52. The number of fused-ring (bicyclic) bond motifs is 4. The van der Waals surface area contributed by atoms with Crippen LogP contribution in [0.2, 0.25) is 0 Å². The number of alkyl halides is 12. The lowest BCUT2D eigenvalue weighted by Gasteiger charge is -2.39. The Hall–Kier alpha value is -2.25. The van der Waals surface area contributed by atoms with Gasteiger partial charge in [0, 0.05) is 56.4 Å². The Morgan fingerprint density at radius 3 is 0.758 bits per heavy atom. The van der Waals surface area contributed by atoms with E-state index in [0.717, 1.165) is 66.9 Å². The van der Waals surface area contributed by atoms with E-state index >= 15 is 0 Å². The quantitative estimate of drug-likeness (QED) is 0.128. The van der Waals surface area contributed by atoms with Gasteiger partial charge in [-0.05, 0) is 70.4 Å². The summed E-state index contributed by atoms with van der Waals surface area (Å²) in [7, 11) is 0. The molecular formula is C46H26B2Cl12N2. The Morgan fingerprint density at radius 1 is 0.290 bits per heavy atom. The molecule has 0 aliphatic carbocycles. The zero-order valence-corrected chi connectivity index (χ0v) is 40.7. The van der Waals surface area contributed by atoms with E-state index < -0.39 is 15.2 Å². The average molecular weight is 1050 g/mol. The summed E-state index contributed by atoms with van der Waals surface area (Å²) in [6, 6.07) is 51.5. The Labute approximate surface area is 420 Å². The minimum atomic E-state index is -1.68. The highest BCUT2D eigenvalue weighted by Gasteiger charge is 2.41. The van der Waals surface area contributed by atoms with E-state index in [-0.39, 0.29) is 13.4 Å². The highest BCUT2D eigenvalue weighted by molar-refractivity contribution is 6.99. The molecule has 0 bridgehead atoms. The summed E-state index contributed by atoms with van der Waals surface area (Å²) in [5, 5.41) is 0. The summed E-state index contributed by atoms with van der Waals surface area (Å²) in [5.41, 5.74) is 13.0. The first-order valence-corrected chi connectivity index (χ1v) is 23.5. The molecule has 9 rings (SSSR count). The fraction of sp³-hybridized carbons (Fsp3) is 0.0870. The zero-order chi connectivity index (χ0) is 43.9. The van der Waals surface area contributed by atoms with Crippen molar-refractivity contribution in [3.63, 3.8) is 0 Å². The standard InChI is InChI=1S/C46H26B2Cl12N2/c49-43(50,51)27-11-19-35-39(23-27)61(33-7-3-1-4-8-33)40-24-28(44(52,53)54)12-20-36(40)47(35)31-15-17-32(18-16-31)48-37-21-13-29(45(55,56)57)25-41(37)62(34-9-5-2-6-10-34)42-26-30(46(58,59)60)14-22-38(42)48/h1-26H. The van der Waals surface area contributed by atoms with Crippen LogP contribution < -0.4 is 42.6 Å². The zero-order valence-electron chi connectivity index (χ0n) is 31.6. The second-order valence-electron chi connectivity index (χ2n) is 15.0. The molecule has 0 aromatic heterocycles. The van der Waals surface area contributed by atoms with Crippen molar-refractivity contribution in [3.8, 4) is 0 Å². The second-order valence-corrected chi connectivity index (χ2v) is 24.1. The van der Waals surface area contributed by atoms with E-state index in [4.69, 9.17) is 139 Å². The molecule has 0 fully saturated rings. The molecule has 0 atom stereocenters. The van der Waals surface area contributed by atoms with Gasteiger partial charge in [0.2, 0.25) is 28.6 Å². The second kappa shape index (κ2) is 16.9. The van der Waals surface area contributed by atoms with Crippen molar-refractivity contribution in [1.29, 1.82) is 0 Å². The van der Waals surface area contributed by atoms with Gasteiger partial charge in [0.25, 0.3) is 0 Å². The van der Waals surface area contributed by atoms with Crippen molar-refractivity contribution in [2.24, 2.45) is 0 Å². The number of hydrogen-bond donors (Lipinski definition) is 0. The number of halogens is 12. The van der Waals surface area contributed by atoms with Crippen LogP contribution in [0.4, 0.5) is 34.1 Å². The highest BCUT2D eigenvalue weighted by atomic mass is 35.6. The van der Waals surface area contributed by atoms with E-state index in [0.29, 0.717) is 22.3 Å². The molecule has 7 aromatic carbocycles. The topological polar surface area (TPSA) is 6.48 Å². The lowest BCUT2D eigenvalue weighted by atomic mass is 9.33. The first-order valence-electron chi connectivity index (χ1n) is 18.9. The van der Waals surface area contributed by atoms with Gasteiger partial charge in [-0.3, -0.25) is 0 Å². The molecule has 2 nitrogen and oxygen atoms in total. The maximum Gasteiger partial charge on any atom is 0.246 e. The largest absolute Gasteiger partial charge is 0.311 e. The summed E-state index contributed by atoms with van der Waals surface area (Å²) in [6.07, 6.45) is 0. The fourth-order valence-electron chi connectivity index (χ4n) is 8.54. The fourth-order valence-corrected chi connectivity index (χ4v) is 9.95. The molecule has 0 amide bonds. The monoisotopic (exact) mass is 1050 g/mol. The molecule has 62 heavy (non-hydrogen) atoms. The summed E-state index contributed by atoms with van der Waals surface area (Å²) < 4.78 is -6.74. The lowest BCUT2D eigenvalue weighted by Crippen LogP contribution is -2.59. The molecular weight excluding hydrogens is 1030 g/mol. The van der Waals surface area contributed by atoms with Gasteiger partial charge in [0.1, 0.15) is 0 Å². The Morgan fingerprint density at radius 2 is 0.532 bits per heavy atom. The third-order valence-electron chi connectivity index (χ3n) is 11.3. The van der Waals surface area contributed by atoms with Crippen LogP contribution >= 0.6 is 139 Å². The predicted octanol–water partition coefficient (Wildman–Crippen LogP) is 13.6. The summed E-state index contributed by atoms with van der Waals surface area (Å²) in [5.74, 6) is 0. The minimum absolute atomic E-state index is 0.277. The summed E-state index contributed by atoms with van der Waals surface area (Å²) in [4.78, 5) is 4.22. The Balaban J connectivity index is 1.24. The number of nitrogens with zero attached hydrogens (tertiary/aromatic N) is 2. The molecule has 0 radical (unpaired) electrons. The molecule has 0 spiro atoms. The number of rotatable bonds is 4. The van der Waals surface area contributed by atoms with Crippen LogP contribution in [0.25, 0.3) is 0 Å². The van der Waals surface area contributed by atoms with Gasteiger partial charge in [-0.25, -0.2) is 0 Å². The van der Waals surface area contributed by atoms with Crippen molar-refractivity contribution < 1.29 is 0 Å². The SMILES string of the molecule is ClC(Cl)(Cl)c1ccc2c(c1)N(c1ccccc1)c1cc(C(Cl)(Cl)Cl)ccc1B2c1ccc(B2c3ccc(C(Cl)(Cl)Cl)cc3N(c3ccccc3)c3cc(C(Cl)(Cl)Cl)ccc32)cc1.